The fourth-order valence-electron chi connectivity index (χ4n) is 4.52. The Balaban J connectivity index is 1.84. The lowest BCUT2D eigenvalue weighted by Crippen LogP contribution is -2.40. The Morgan fingerprint density at radius 3 is 2.33 bits per heavy atom. The zero-order chi connectivity index (χ0) is 24.2. The number of fused-ring (bicyclic) bond motifs is 2. The number of rotatable bonds is 5. The smallest absolute Gasteiger partial charge is 0.266 e. The van der Waals surface area contributed by atoms with Gasteiger partial charge in [-0.1, -0.05) is 18.2 Å². The molecule has 0 aliphatic carbocycles. The number of nitrogens with zero attached hydrogens (tertiary/aromatic N) is 3. The van der Waals surface area contributed by atoms with Gasteiger partial charge in [0.2, 0.25) is 5.91 Å². The molecule has 1 unspecified atom stereocenters. The number of carbonyl (C=O) groups is 1. The normalized spacial score (nSPS) is 16.1. The zero-order valence-electron chi connectivity index (χ0n) is 19.5. The van der Waals surface area contributed by atoms with Crippen LogP contribution in [0.4, 0.5) is 24.7 Å². The van der Waals surface area contributed by atoms with E-state index < -0.39 is 29.3 Å². The van der Waals surface area contributed by atoms with Crippen molar-refractivity contribution in [3.63, 3.8) is 0 Å². The first-order chi connectivity index (χ1) is 15.4. The van der Waals surface area contributed by atoms with Gasteiger partial charge < -0.3 is 10.2 Å². The van der Waals surface area contributed by atoms with Crippen molar-refractivity contribution in [2.24, 2.45) is 0 Å². The summed E-state index contributed by atoms with van der Waals surface area (Å²) in [6.07, 6.45) is -2.90. The van der Waals surface area contributed by atoms with E-state index >= 15 is 0 Å². The molecule has 33 heavy (non-hydrogen) atoms. The Kier molecular flexibility index (Phi) is 5.58. The minimum atomic E-state index is -2.90. The van der Waals surface area contributed by atoms with Crippen LogP contribution in [0.25, 0.3) is 10.8 Å². The van der Waals surface area contributed by atoms with Crippen LogP contribution in [-0.2, 0) is 10.2 Å². The molecule has 0 radical (unpaired) electrons. The van der Waals surface area contributed by atoms with E-state index in [-0.39, 0.29) is 17.5 Å². The van der Waals surface area contributed by atoms with Crippen molar-refractivity contribution in [1.29, 1.82) is 0 Å². The second kappa shape index (κ2) is 8.01. The highest BCUT2D eigenvalue weighted by Gasteiger charge is 2.45. The van der Waals surface area contributed by atoms with Crippen molar-refractivity contribution in [2.75, 3.05) is 10.2 Å². The van der Waals surface area contributed by atoms with E-state index in [1.807, 2.05) is 46.8 Å². The number of nitrogens with one attached hydrogen (secondary N) is 1. The molecule has 0 spiro atoms. The summed E-state index contributed by atoms with van der Waals surface area (Å²) in [7, 11) is 0. The molecule has 174 valence electrons. The lowest BCUT2D eigenvalue weighted by molar-refractivity contribution is -0.122. The highest BCUT2D eigenvalue weighted by Crippen LogP contribution is 2.45. The van der Waals surface area contributed by atoms with Gasteiger partial charge in [0.15, 0.2) is 5.82 Å². The number of halogens is 3. The molecule has 1 N–H and O–H groups in total. The van der Waals surface area contributed by atoms with Crippen LogP contribution < -0.4 is 10.2 Å². The molecule has 4 rings (SSSR count). The molecule has 1 aromatic heterocycles. The Morgan fingerprint density at radius 2 is 1.70 bits per heavy atom. The summed E-state index contributed by atoms with van der Waals surface area (Å²) in [5, 5.41) is 13.2. The molecule has 0 fully saturated rings. The van der Waals surface area contributed by atoms with E-state index in [9.17, 15) is 18.0 Å². The van der Waals surface area contributed by atoms with Crippen molar-refractivity contribution in [1.82, 2.24) is 10.2 Å². The Morgan fingerprint density at radius 1 is 1.03 bits per heavy atom. The van der Waals surface area contributed by atoms with Crippen molar-refractivity contribution in [3.8, 4) is 0 Å². The second-order valence-corrected chi connectivity index (χ2v) is 9.36. The molecule has 1 aliphatic heterocycles. The SMILES string of the molecule is Cc1nnc(NC(C)c2cccc(C(F)F)c2F)c2cc3c(cc12)C(C)(C)C(=O)N3C(C)C. The van der Waals surface area contributed by atoms with Crippen LogP contribution in [0, 0.1) is 12.7 Å². The molecule has 5 nitrogen and oxygen atoms in total. The zero-order valence-corrected chi connectivity index (χ0v) is 19.5. The number of benzene rings is 2. The molecule has 0 saturated heterocycles. The number of amides is 1. The first-order valence-electron chi connectivity index (χ1n) is 10.9. The van der Waals surface area contributed by atoms with Gasteiger partial charge in [-0.05, 0) is 59.2 Å². The van der Waals surface area contributed by atoms with Crippen LogP contribution in [0.3, 0.4) is 0 Å². The van der Waals surface area contributed by atoms with Crippen LogP contribution in [-0.4, -0.2) is 22.1 Å². The van der Waals surface area contributed by atoms with Crippen molar-refractivity contribution in [3.05, 3.63) is 58.5 Å². The standard InChI is InChI=1S/C25H27F3N4O/c1-12(2)32-20-11-18-17(10-19(20)25(5,6)24(32)33)14(4)30-31-23(18)29-13(3)15-8-7-9-16(21(15)26)22(27)28/h7-13,22H,1-6H3,(H,29,31). The van der Waals surface area contributed by atoms with Gasteiger partial charge in [-0.15, -0.1) is 5.10 Å². The van der Waals surface area contributed by atoms with Gasteiger partial charge in [0.25, 0.3) is 6.43 Å². The highest BCUT2D eigenvalue weighted by molar-refractivity contribution is 6.11. The third-order valence-electron chi connectivity index (χ3n) is 6.40. The third kappa shape index (κ3) is 3.61. The van der Waals surface area contributed by atoms with Crippen LogP contribution in [0.5, 0.6) is 0 Å². The Hall–Kier alpha value is -3.16. The maximum absolute atomic E-state index is 14.7. The molecule has 8 heteroatoms. The van der Waals surface area contributed by atoms with Crippen LogP contribution in [0.1, 0.15) is 69.5 Å². The molecule has 1 aliphatic rings. The second-order valence-electron chi connectivity index (χ2n) is 9.36. The first-order valence-corrected chi connectivity index (χ1v) is 10.9. The van der Waals surface area contributed by atoms with Crippen LogP contribution >= 0.6 is 0 Å². The highest BCUT2D eigenvalue weighted by atomic mass is 19.3. The van der Waals surface area contributed by atoms with Crippen molar-refractivity contribution in [2.45, 2.75) is 65.5 Å². The minimum Gasteiger partial charge on any atom is -0.361 e. The van der Waals surface area contributed by atoms with Crippen molar-refractivity contribution >= 4 is 28.2 Å². The number of alkyl halides is 2. The summed E-state index contributed by atoms with van der Waals surface area (Å²) in [5.41, 5.74) is 1.23. The average molecular weight is 457 g/mol. The summed E-state index contributed by atoms with van der Waals surface area (Å²) in [6.45, 7) is 11.3. The quantitative estimate of drug-likeness (QED) is 0.495. The van der Waals surface area contributed by atoms with Crippen LogP contribution in [0.15, 0.2) is 30.3 Å². The van der Waals surface area contributed by atoms with Gasteiger partial charge in [-0.3, -0.25) is 4.79 Å². The summed E-state index contributed by atoms with van der Waals surface area (Å²) in [5.74, 6) is -0.514. The lowest BCUT2D eigenvalue weighted by Gasteiger charge is -2.24. The topological polar surface area (TPSA) is 58.1 Å². The third-order valence-corrected chi connectivity index (χ3v) is 6.40. The molecule has 1 atom stereocenters. The van der Waals surface area contributed by atoms with Gasteiger partial charge in [0.05, 0.1) is 22.7 Å². The van der Waals surface area contributed by atoms with Crippen LogP contribution in [0.2, 0.25) is 0 Å². The first kappa shape index (κ1) is 23.0. The number of carbonyl (C=O) groups excluding carboxylic acids is 1. The molecule has 2 aromatic carbocycles. The fourth-order valence-corrected chi connectivity index (χ4v) is 4.52. The molecular formula is C25H27F3N4O. The number of aryl methyl sites for hydroxylation is 1. The van der Waals surface area contributed by atoms with Gasteiger partial charge in [-0.2, -0.15) is 5.10 Å². The summed E-state index contributed by atoms with van der Waals surface area (Å²) >= 11 is 0. The number of aromatic nitrogens is 2. The maximum atomic E-state index is 14.7. The van der Waals surface area contributed by atoms with E-state index in [2.05, 4.69) is 15.5 Å². The van der Waals surface area contributed by atoms with E-state index in [1.165, 1.54) is 12.1 Å². The minimum absolute atomic E-state index is 0.0233. The van der Waals surface area contributed by atoms with E-state index in [0.717, 1.165) is 28.1 Å². The number of hydrogen-bond donors (Lipinski definition) is 1. The summed E-state index contributed by atoms with van der Waals surface area (Å²) in [6, 6.07) is 7.19. The van der Waals surface area contributed by atoms with Gasteiger partial charge in [0, 0.05) is 28.1 Å². The molecule has 1 amide bonds. The molecule has 0 saturated carbocycles. The molecule has 0 bridgehead atoms. The Labute approximate surface area is 191 Å². The van der Waals surface area contributed by atoms with Crippen molar-refractivity contribution < 1.29 is 18.0 Å². The molecule has 3 aromatic rings. The monoisotopic (exact) mass is 456 g/mol. The molecular weight excluding hydrogens is 429 g/mol. The van der Waals surface area contributed by atoms with Gasteiger partial charge >= 0.3 is 0 Å². The largest absolute Gasteiger partial charge is 0.361 e. The summed E-state index contributed by atoms with van der Waals surface area (Å²) < 4.78 is 41.0. The predicted octanol–water partition coefficient (Wildman–Crippen LogP) is 6.22. The van der Waals surface area contributed by atoms with Gasteiger partial charge in [0.1, 0.15) is 5.82 Å². The average Bonchev–Trinajstić information content (AvgIpc) is 2.94. The maximum Gasteiger partial charge on any atom is 0.266 e. The predicted molar refractivity (Wildman–Crippen MR) is 123 cm³/mol. The van der Waals surface area contributed by atoms with E-state index in [1.54, 1.807) is 11.8 Å². The fraction of sp³-hybridized carbons (Fsp3) is 0.400. The van der Waals surface area contributed by atoms with Gasteiger partial charge in [-0.25, -0.2) is 13.2 Å². The Bertz CT molecular complexity index is 1260. The number of hydrogen-bond acceptors (Lipinski definition) is 4. The lowest BCUT2D eigenvalue weighted by atomic mass is 9.85. The van der Waals surface area contributed by atoms with E-state index in [0.29, 0.717) is 11.5 Å². The molecule has 2 heterocycles. The number of anilines is 2. The summed E-state index contributed by atoms with van der Waals surface area (Å²) in [4.78, 5) is 14.9. The van der Waals surface area contributed by atoms with E-state index in [4.69, 9.17) is 0 Å².